The number of likely N-dealkylation sites (tertiary alicyclic amines) is 1. The van der Waals surface area contributed by atoms with Crippen molar-refractivity contribution in [2.45, 2.75) is 38.4 Å². The highest BCUT2D eigenvalue weighted by Crippen LogP contribution is 2.19. The van der Waals surface area contributed by atoms with Crippen LogP contribution in [0.3, 0.4) is 0 Å². The van der Waals surface area contributed by atoms with Crippen molar-refractivity contribution in [1.82, 2.24) is 10.2 Å². The smallest absolute Gasteiger partial charge is 0.156 e. The molecule has 1 rings (SSSR count). The maximum atomic E-state index is 12.0. The van der Waals surface area contributed by atoms with Crippen LogP contribution in [0.15, 0.2) is 0 Å². The maximum Gasteiger partial charge on any atom is 0.156 e. The summed E-state index contributed by atoms with van der Waals surface area (Å²) in [6, 6.07) is 0. The Morgan fingerprint density at radius 3 is 2.22 bits per heavy atom. The number of rotatable bonds is 5. The van der Waals surface area contributed by atoms with Crippen molar-refractivity contribution in [2.24, 2.45) is 5.92 Å². The van der Waals surface area contributed by atoms with Crippen molar-refractivity contribution < 1.29 is 8.42 Å². The van der Waals surface area contributed by atoms with Crippen molar-refractivity contribution in [3.8, 4) is 0 Å². The van der Waals surface area contributed by atoms with Gasteiger partial charge in [-0.05, 0) is 66.2 Å². The monoisotopic (exact) mass is 276 g/mol. The van der Waals surface area contributed by atoms with Gasteiger partial charge in [-0.25, -0.2) is 8.42 Å². The van der Waals surface area contributed by atoms with Crippen molar-refractivity contribution >= 4 is 9.84 Å². The molecule has 1 N–H and O–H groups in total. The van der Waals surface area contributed by atoms with Gasteiger partial charge in [0.05, 0.1) is 10.5 Å². The first-order valence-corrected chi connectivity index (χ1v) is 8.51. The van der Waals surface area contributed by atoms with Gasteiger partial charge >= 0.3 is 0 Å². The quantitative estimate of drug-likeness (QED) is 0.818. The number of nitrogens with zero attached hydrogens (tertiary/aromatic N) is 1. The molecule has 5 heteroatoms. The van der Waals surface area contributed by atoms with E-state index in [0.29, 0.717) is 6.54 Å². The van der Waals surface area contributed by atoms with Gasteiger partial charge in [0.25, 0.3) is 0 Å². The maximum absolute atomic E-state index is 12.0. The van der Waals surface area contributed by atoms with Crippen molar-refractivity contribution in [2.75, 3.05) is 39.0 Å². The van der Waals surface area contributed by atoms with Crippen molar-refractivity contribution in [1.29, 1.82) is 0 Å². The summed E-state index contributed by atoms with van der Waals surface area (Å²) in [7, 11) is -0.987. The molecule has 0 spiro atoms. The standard InChI is InChI=1S/C13H28N2O2S/c1-13(2,3)18(16,17)10-9-15-7-5-12(6-8-15)11-14-4/h12,14H,5-11H2,1-4H3. The highest BCUT2D eigenvalue weighted by Gasteiger charge is 2.29. The lowest BCUT2D eigenvalue weighted by molar-refractivity contribution is 0.192. The molecule has 0 aromatic heterocycles. The van der Waals surface area contributed by atoms with Crippen LogP contribution in [-0.2, 0) is 9.84 Å². The Morgan fingerprint density at radius 2 is 1.78 bits per heavy atom. The molecule has 0 atom stereocenters. The van der Waals surface area contributed by atoms with Gasteiger partial charge in [0.2, 0.25) is 0 Å². The van der Waals surface area contributed by atoms with Crippen LogP contribution in [-0.4, -0.2) is 57.0 Å². The van der Waals surface area contributed by atoms with Crippen LogP contribution in [0.25, 0.3) is 0 Å². The summed E-state index contributed by atoms with van der Waals surface area (Å²) in [6.45, 7) is 9.17. The Balaban J connectivity index is 2.35. The van der Waals surface area contributed by atoms with E-state index < -0.39 is 14.6 Å². The van der Waals surface area contributed by atoms with Gasteiger partial charge in [0.15, 0.2) is 9.84 Å². The van der Waals surface area contributed by atoms with E-state index in [9.17, 15) is 8.42 Å². The molecule has 1 fully saturated rings. The number of piperidine rings is 1. The number of hydrogen-bond donors (Lipinski definition) is 1. The topological polar surface area (TPSA) is 49.4 Å². The zero-order chi connectivity index (χ0) is 13.8. The van der Waals surface area contributed by atoms with Crippen molar-refractivity contribution in [3.05, 3.63) is 0 Å². The third-order valence-corrected chi connectivity index (χ3v) is 6.40. The SMILES string of the molecule is CNCC1CCN(CCS(=O)(=O)C(C)(C)C)CC1. The van der Waals surface area contributed by atoms with Crippen LogP contribution in [0.4, 0.5) is 0 Å². The van der Waals surface area contributed by atoms with Gasteiger partial charge in [-0.1, -0.05) is 0 Å². The fraction of sp³-hybridized carbons (Fsp3) is 1.00. The molecule has 1 heterocycles. The molecule has 1 saturated heterocycles. The third kappa shape index (κ3) is 4.52. The van der Waals surface area contributed by atoms with Crippen LogP contribution < -0.4 is 5.32 Å². The Morgan fingerprint density at radius 1 is 1.22 bits per heavy atom. The average molecular weight is 276 g/mol. The number of hydrogen-bond acceptors (Lipinski definition) is 4. The largest absolute Gasteiger partial charge is 0.319 e. The molecule has 108 valence electrons. The van der Waals surface area contributed by atoms with E-state index in [4.69, 9.17) is 0 Å². The van der Waals surface area contributed by atoms with Gasteiger partial charge in [0, 0.05) is 6.54 Å². The summed E-state index contributed by atoms with van der Waals surface area (Å²) in [4.78, 5) is 2.29. The molecular weight excluding hydrogens is 248 g/mol. The highest BCUT2D eigenvalue weighted by molar-refractivity contribution is 7.92. The molecule has 0 bridgehead atoms. The Kier molecular flexibility index (Phi) is 5.62. The van der Waals surface area contributed by atoms with E-state index in [0.717, 1.165) is 25.6 Å². The van der Waals surface area contributed by atoms with E-state index >= 15 is 0 Å². The van der Waals surface area contributed by atoms with E-state index in [-0.39, 0.29) is 5.75 Å². The van der Waals surface area contributed by atoms with Crippen LogP contribution in [0.1, 0.15) is 33.6 Å². The lowest BCUT2D eigenvalue weighted by Gasteiger charge is -2.32. The third-order valence-electron chi connectivity index (χ3n) is 3.81. The van der Waals surface area contributed by atoms with Gasteiger partial charge in [-0.3, -0.25) is 0 Å². The molecule has 0 saturated carbocycles. The minimum absolute atomic E-state index is 0.285. The van der Waals surface area contributed by atoms with E-state index in [2.05, 4.69) is 10.2 Å². The minimum atomic E-state index is -2.97. The van der Waals surface area contributed by atoms with Gasteiger partial charge in [-0.15, -0.1) is 0 Å². The lowest BCUT2D eigenvalue weighted by atomic mass is 9.97. The summed E-state index contributed by atoms with van der Waals surface area (Å²) in [6.07, 6.45) is 2.35. The summed E-state index contributed by atoms with van der Waals surface area (Å²) in [5.74, 6) is 1.04. The zero-order valence-electron chi connectivity index (χ0n) is 12.2. The second-order valence-electron chi connectivity index (χ2n) is 6.27. The Labute approximate surface area is 112 Å². The summed E-state index contributed by atoms with van der Waals surface area (Å²) in [5, 5.41) is 3.21. The summed E-state index contributed by atoms with van der Waals surface area (Å²) < 4.78 is 23.4. The Hall–Kier alpha value is -0.130. The minimum Gasteiger partial charge on any atom is -0.319 e. The Bertz CT molecular complexity index is 338. The van der Waals surface area contributed by atoms with E-state index in [1.165, 1.54) is 12.8 Å². The van der Waals surface area contributed by atoms with Gasteiger partial charge < -0.3 is 10.2 Å². The van der Waals surface area contributed by atoms with Gasteiger partial charge in [0.1, 0.15) is 0 Å². The van der Waals surface area contributed by atoms with Crippen molar-refractivity contribution in [3.63, 3.8) is 0 Å². The van der Waals surface area contributed by atoms with Crippen LogP contribution in [0, 0.1) is 5.92 Å². The molecule has 18 heavy (non-hydrogen) atoms. The normalized spacial score (nSPS) is 20.2. The molecule has 1 aliphatic heterocycles. The van der Waals surface area contributed by atoms with Crippen LogP contribution in [0.5, 0.6) is 0 Å². The molecule has 0 aliphatic carbocycles. The summed E-state index contributed by atoms with van der Waals surface area (Å²) in [5.41, 5.74) is 0. The second kappa shape index (κ2) is 6.35. The number of sulfone groups is 1. The molecule has 4 nitrogen and oxygen atoms in total. The molecule has 1 aliphatic rings. The predicted octanol–water partition coefficient (Wildman–Crippen LogP) is 1.13. The first-order chi connectivity index (χ1) is 8.26. The summed E-state index contributed by atoms with van der Waals surface area (Å²) >= 11 is 0. The van der Waals surface area contributed by atoms with E-state index in [1.807, 2.05) is 7.05 Å². The van der Waals surface area contributed by atoms with Crippen LogP contribution >= 0.6 is 0 Å². The van der Waals surface area contributed by atoms with Gasteiger partial charge in [-0.2, -0.15) is 0 Å². The number of nitrogens with one attached hydrogen (secondary N) is 1. The fourth-order valence-electron chi connectivity index (χ4n) is 2.26. The zero-order valence-corrected chi connectivity index (χ0v) is 13.0. The highest BCUT2D eigenvalue weighted by atomic mass is 32.2. The first-order valence-electron chi connectivity index (χ1n) is 6.85. The molecule has 0 aromatic rings. The molecule has 0 amide bonds. The van der Waals surface area contributed by atoms with Crippen LogP contribution in [0.2, 0.25) is 0 Å². The van der Waals surface area contributed by atoms with E-state index in [1.54, 1.807) is 20.8 Å². The lowest BCUT2D eigenvalue weighted by Crippen LogP contribution is -2.41. The molecular formula is C13H28N2O2S. The second-order valence-corrected chi connectivity index (χ2v) is 9.14. The molecule has 0 radical (unpaired) electrons. The molecule has 0 unspecified atom stereocenters. The fourth-order valence-corrected chi connectivity index (χ4v) is 3.37. The first kappa shape index (κ1) is 15.9. The average Bonchev–Trinajstić information content (AvgIpc) is 2.27. The molecule has 0 aromatic carbocycles. The predicted molar refractivity (Wildman–Crippen MR) is 76.6 cm³/mol.